The Bertz CT molecular complexity index is 407. The third-order valence-corrected chi connectivity index (χ3v) is 2.61. The van der Waals surface area contributed by atoms with E-state index < -0.39 is 0 Å². The Kier molecular flexibility index (Phi) is 5.45. The first-order valence-corrected chi connectivity index (χ1v) is 5.79. The minimum absolute atomic E-state index is 0.0310. The van der Waals surface area contributed by atoms with Gasteiger partial charge in [-0.3, -0.25) is 4.79 Å². The van der Waals surface area contributed by atoms with Crippen LogP contribution in [0.3, 0.4) is 0 Å². The summed E-state index contributed by atoms with van der Waals surface area (Å²) in [5, 5.41) is 5.81. The number of hydrogen-bond donors (Lipinski definition) is 2. The molecule has 0 aliphatic carbocycles. The molecule has 1 amide bonds. The fraction of sp³-hybridized carbons (Fsp3) is 0.462. The summed E-state index contributed by atoms with van der Waals surface area (Å²) in [5.41, 5.74) is 0.695. The summed E-state index contributed by atoms with van der Waals surface area (Å²) in [6.45, 7) is 2.51. The number of rotatable bonds is 6. The molecule has 1 rings (SSSR count). The van der Waals surface area contributed by atoms with E-state index in [0.29, 0.717) is 23.7 Å². The van der Waals surface area contributed by atoms with Crippen LogP contribution in [0.2, 0.25) is 0 Å². The molecule has 0 saturated carbocycles. The van der Waals surface area contributed by atoms with Crippen LogP contribution in [0.15, 0.2) is 18.2 Å². The average molecular weight is 252 g/mol. The largest absolute Gasteiger partial charge is 0.493 e. The Hall–Kier alpha value is -1.75. The number of anilines is 1. The molecule has 1 atom stereocenters. The number of methoxy groups -OCH3 is 2. The van der Waals surface area contributed by atoms with E-state index >= 15 is 0 Å². The molecule has 0 bridgehead atoms. The Morgan fingerprint density at radius 3 is 2.50 bits per heavy atom. The first-order valence-electron chi connectivity index (χ1n) is 5.79. The van der Waals surface area contributed by atoms with Gasteiger partial charge in [0, 0.05) is 24.2 Å². The van der Waals surface area contributed by atoms with Crippen LogP contribution in [0, 0.1) is 5.92 Å². The fourth-order valence-electron chi connectivity index (χ4n) is 1.58. The van der Waals surface area contributed by atoms with Gasteiger partial charge in [-0.2, -0.15) is 0 Å². The van der Waals surface area contributed by atoms with Crippen molar-refractivity contribution in [3.8, 4) is 11.5 Å². The van der Waals surface area contributed by atoms with Gasteiger partial charge in [0.25, 0.3) is 0 Å². The van der Waals surface area contributed by atoms with Crippen LogP contribution in [-0.4, -0.2) is 33.7 Å². The monoisotopic (exact) mass is 252 g/mol. The maximum atomic E-state index is 11.8. The predicted octanol–water partition coefficient (Wildman–Crippen LogP) is 1.50. The van der Waals surface area contributed by atoms with Gasteiger partial charge in [-0.1, -0.05) is 6.92 Å². The lowest BCUT2D eigenvalue weighted by molar-refractivity contribution is -0.119. The van der Waals surface area contributed by atoms with Crippen LogP contribution in [0.1, 0.15) is 6.92 Å². The molecule has 1 aromatic carbocycles. The fourth-order valence-corrected chi connectivity index (χ4v) is 1.58. The molecule has 5 nitrogen and oxygen atoms in total. The summed E-state index contributed by atoms with van der Waals surface area (Å²) in [7, 11) is 4.96. The molecule has 0 fully saturated rings. The molecule has 18 heavy (non-hydrogen) atoms. The molecule has 0 aliphatic heterocycles. The van der Waals surface area contributed by atoms with Gasteiger partial charge in [-0.15, -0.1) is 0 Å². The Morgan fingerprint density at radius 1 is 1.28 bits per heavy atom. The summed E-state index contributed by atoms with van der Waals surface area (Å²) >= 11 is 0. The van der Waals surface area contributed by atoms with Crippen molar-refractivity contribution in [3.05, 3.63) is 18.2 Å². The summed E-state index contributed by atoms with van der Waals surface area (Å²) in [6.07, 6.45) is 0. The van der Waals surface area contributed by atoms with Gasteiger partial charge in [-0.05, 0) is 19.2 Å². The second-order valence-corrected chi connectivity index (χ2v) is 4.02. The van der Waals surface area contributed by atoms with E-state index in [-0.39, 0.29) is 11.8 Å². The SMILES string of the molecule is CNCC(C)C(=O)Nc1ccc(OC)c(OC)c1. The number of nitrogens with one attached hydrogen (secondary N) is 2. The van der Waals surface area contributed by atoms with E-state index in [9.17, 15) is 4.79 Å². The first kappa shape index (κ1) is 14.3. The Labute approximate surface area is 107 Å². The van der Waals surface area contributed by atoms with Crippen LogP contribution >= 0.6 is 0 Å². The van der Waals surface area contributed by atoms with Gasteiger partial charge in [0.05, 0.1) is 14.2 Å². The number of carbonyl (C=O) groups excluding carboxylic acids is 1. The van der Waals surface area contributed by atoms with Crippen LogP contribution in [0.5, 0.6) is 11.5 Å². The molecule has 0 aromatic heterocycles. The first-order chi connectivity index (χ1) is 8.62. The van der Waals surface area contributed by atoms with E-state index in [1.165, 1.54) is 0 Å². The molecule has 0 saturated heterocycles. The van der Waals surface area contributed by atoms with Gasteiger partial charge in [-0.25, -0.2) is 0 Å². The maximum absolute atomic E-state index is 11.8. The molecule has 100 valence electrons. The molecule has 5 heteroatoms. The summed E-state index contributed by atoms with van der Waals surface area (Å²) < 4.78 is 10.3. The predicted molar refractivity (Wildman–Crippen MR) is 71.3 cm³/mol. The second kappa shape index (κ2) is 6.86. The van der Waals surface area contributed by atoms with Crippen LogP contribution in [0.25, 0.3) is 0 Å². The maximum Gasteiger partial charge on any atom is 0.228 e. The molecule has 0 aliphatic rings. The van der Waals surface area contributed by atoms with Gasteiger partial charge < -0.3 is 20.1 Å². The number of benzene rings is 1. The zero-order chi connectivity index (χ0) is 13.5. The molecular formula is C13H20N2O3. The van der Waals surface area contributed by atoms with Crippen molar-refractivity contribution in [2.45, 2.75) is 6.92 Å². The van der Waals surface area contributed by atoms with E-state index in [2.05, 4.69) is 10.6 Å². The smallest absolute Gasteiger partial charge is 0.228 e. The third kappa shape index (κ3) is 3.63. The van der Waals surface area contributed by atoms with Crippen LogP contribution < -0.4 is 20.1 Å². The van der Waals surface area contributed by atoms with Crippen molar-refractivity contribution in [2.75, 3.05) is 33.1 Å². The minimum atomic E-state index is -0.0944. The van der Waals surface area contributed by atoms with E-state index in [1.807, 2.05) is 14.0 Å². The van der Waals surface area contributed by atoms with E-state index in [0.717, 1.165) is 0 Å². The quantitative estimate of drug-likeness (QED) is 0.805. The topological polar surface area (TPSA) is 59.6 Å². The molecule has 1 aromatic rings. The van der Waals surface area contributed by atoms with Crippen molar-refractivity contribution in [2.24, 2.45) is 5.92 Å². The highest BCUT2D eigenvalue weighted by atomic mass is 16.5. The van der Waals surface area contributed by atoms with Gasteiger partial charge in [0.15, 0.2) is 11.5 Å². The number of carbonyl (C=O) groups is 1. The van der Waals surface area contributed by atoms with E-state index in [4.69, 9.17) is 9.47 Å². The molecule has 2 N–H and O–H groups in total. The molecule has 1 unspecified atom stereocenters. The highest BCUT2D eigenvalue weighted by molar-refractivity contribution is 5.92. The van der Waals surface area contributed by atoms with Crippen LogP contribution in [0.4, 0.5) is 5.69 Å². The Morgan fingerprint density at radius 2 is 1.94 bits per heavy atom. The number of amides is 1. The summed E-state index contributed by atoms with van der Waals surface area (Å²) in [5.74, 6) is 1.11. The summed E-state index contributed by atoms with van der Waals surface area (Å²) in [4.78, 5) is 11.8. The molecule has 0 heterocycles. The molecule has 0 radical (unpaired) electrons. The Balaban J connectivity index is 2.76. The van der Waals surface area contributed by atoms with Crippen molar-refractivity contribution in [1.29, 1.82) is 0 Å². The highest BCUT2D eigenvalue weighted by Crippen LogP contribution is 2.29. The standard InChI is InChI=1S/C13H20N2O3/c1-9(8-14-2)13(16)15-10-5-6-11(17-3)12(7-10)18-4/h5-7,9,14H,8H2,1-4H3,(H,15,16). The molecule has 0 spiro atoms. The van der Waals surface area contributed by atoms with Crippen molar-refractivity contribution < 1.29 is 14.3 Å². The van der Waals surface area contributed by atoms with Gasteiger partial charge >= 0.3 is 0 Å². The average Bonchev–Trinajstić information content (AvgIpc) is 2.38. The lowest BCUT2D eigenvalue weighted by Crippen LogP contribution is -2.28. The highest BCUT2D eigenvalue weighted by Gasteiger charge is 2.13. The zero-order valence-corrected chi connectivity index (χ0v) is 11.2. The van der Waals surface area contributed by atoms with Crippen molar-refractivity contribution >= 4 is 11.6 Å². The van der Waals surface area contributed by atoms with Gasteiger partial charge in [0.1, 0.15) is 0 Å². The third-order valence-electron chi connectivity index (χ3n) is 2.61. The van der Waals surface area contributed by atoms with Crippen LogP contribution in [-0.2, 0) is 4.79 Å². The number of hydrogen-bond acceptors (Lipinski definition) is 4. The van der Waals surface area contributed by atoms with Gasteiger partial charge in [0.2, 0.25) is 5.91 Å². The van der Waals surface area contributed by atoms with Crippen molar-refractivity contribution in [1.82, 2.24) is 5.32 Å². The normalized spacial score (nSPS) is 11.8. The van der Waals surface area contributed by atoms with E-state index in [1.54, 1.807) is 32.4 Å². The van der Waals surface area contributed by atoms with Crippen molar-refractivity contribution in [3.63, 3.8) is 0 Å². The number of ether oxygens (including phenoxy) is 2. The lowest BCUT2D eigenvalue weighted by atomic mass is 10.1. The zero-order valence-electron chi connectivity index (χ0n) is 11.2. The minimum Gasteiger partial charge on any atom is -0.493 e. The summed E-state index contributed by atoms with van der Waals surface area (Å²) in [6, 6.07) is 5.28. The molecular weight excluding hydrogens is 232 g/mol. The lowest BCUT2D eigenvalue weighted by Gasteiger charge is -2.13. The second-order valence-electron chi connectivity index (χ2n) is 4.02.